The predicted molar refractivity (Wildman–Crippen MR) is 73.1 cm³/mol. The fourth-order valence-electron chi connectivity index (χ4n) is 2.21. The fourth-order valence-corrected chi connectivity index (χ4v) is 3.43. The molecule has 0 N–H and O–H groups in total. The normalized spacial score (nSPS) is 19.4. The van der Waals surface area contributed by atoms with Gasteiger partial charge in [-0.2, -0.15) is 0 Å². The molecule has 1 atom stereocenters. The van der Waals surface area contributed by atoms with Gasteiger partial charge in [-0.3, -0.25) is 4.79 Å². The molecule has 1 unspecified atom stereocenters. The molecule has 1 heterocycles. The molecule has 0 aliphatic heterocycles. The van der Waals surface area contributed by atoms with E-state index in [4.69, 9.17) is 9.72 Å². The lowest BCUT2D eigenvalue weighted by atomic mass is 9.91. The van der Waals surface area contributed by atoms with E-state index in [1.807, 2.05) is 6.92 Å². The third-order valence-electron chi connectivity index (χ3n) is 3.17. The molecule has 0 fully saturated rings. The minimum absolute atomic E-state index is 0.0568. The van der Waals surface area contributed by atoms with Crippen LogP contribution in [-0.2, 0) is 21.4 Å². The number of rotatable bonds is 2. The Kier molecular flexibility index (Phi) is 3.76. The van der Waals surface area contributed by atoms with Gasteiger partial charge in [-0.05, 0) is 26.2 Å². The number of esters is 1. The molecule has 18 heavy (non-hydrogen) atoms. The van der Waals surface area contributed by atoms with Crippen molar-refractivity contribution in [2.75, 3.05) is 6.61 Å². The number of nitrogens with zero attached hydrogens (tertiary/aromatic N) is 1. The van der Waals surface area contributed by atoms with Crippen molar-refractivity contribution in [3.8, 4) is 0 Å². The first kappa shape index (κ1) is 13.5. The van der Waals surface area contributed by atoms with Crippen molar-refractivity contribution in [2.45, 2.75) is 58.3 Å². The molecule has 0 spiro atoms. The Morgan fingerprint density at radius 2 is 2.22 bits per heavy atom. The topological polar surface area (TPSA) is 39.2 Å². The van der Waals surface area contributed by atoms with E-state index in [2.05, 4.69) is 20.8 Å². The Bertz CT molecular complexity index is 445. The molecule has 0 saturated carbocycles. The van der Waals surface area contributed by atoms with Gasteiger partial charge in [0.2, 0.25) is 0 Å². The third kappa shape index (κ3) is 2.58. The summed E-state index contributed by atoms with van der Waals surface area (Å²) in [6.07, 6.45) is 2.99. The van der Waals surface area contributed by atoms with Crippen LogP contribution < -0.4 is 0 Å². The second kappa shape index (κ2) is 5.00. The van der Waals surface area contributed by atoms with Crippen LogP contribution in [0.5, 0.6) is 0 Å². The molecule has 100 valence electrons. The van der Waals surface area contributed by atoms with Crippen LogP contribution >= 0.6 is 11.3 Å². The van der Waals surface area contributed by atoms with E-state index in [9.17, 15) is 4.79 Å². The molecule has 0 bridgehead atoms. The summed E-state index contributed by atoms with van der Waals surface area (Å²) in [5.74, 6) is -0.245. The van der Waals surface area contributed by atoms with Gasteiger partial charge in [-0.25, -0.2) is 4.98 Å². The molecule has 1 aliphatic carbocycles. The number of hydrogen-bond acceptors (Lipinski definition) is 4. The zero-order chi connectivity index (χ0) is 13.3. The van der Waals surface area contributed by atoms with Gasteiger partial charge in [0.15, 0.2) is 0 Å². The molecular weight excluding hydrogens is 246 g/mol. The Hall–Kier alpha value is -0.900. The van der Waals surface area contributed by atoms with Crippen LogP contribution in [0.15, 0.2) is 0 Å². The number of aryl methyl sites for hydroxylation is 1. The van der Waals surface area contributed by atoms with Crippen molar-refractivity contribution in [1.82, 2.24) is 4.98 Å². The van der Waals surface area contributed by atoms with Crippen molar-refractivity contribution in [3.63, 3.8) is 0 Å². The summed E-state index contributed by atoms with van der Waals surface area (Å²) in [5.41, 5.74) is 1.04. The lowest BCUT2D eigenvalue weighted by molar-refractivity contribution is -0.145. The number of carbonyl (C=O) groups is 1. The van der Waals surface area contributed by atoms with E-state index in [1.165, 1.54) is 4.88 Å². The Morgan fingerprint density at radius 3 is 2.83 bits per heavy atom. The largest absolute Gasteiger partial charge is 0.465 e. The third-order valence-corrected chi connectivity index (χ3v) is 4.72. The smallest absolute Gasteiger partial charge is 0.315 e. The first-order valence-corrected chi connectivity index (χ1v) is 7.42. The van der Waals surface area contributed by atoms with Crippen molar-refractivity contribution >= 4 is 17.3 Å². The average molecular weight is 267 g/mol. The molecule has 0 saturated heterocycles. The maximum atomic E-state index is 12.0. The van der Waals surface area contributed by atoms with Crippen LogP contribution in [0.4, 0.5) is 0 Å². The second-order valence-corrected chi connectivity index (χ2v) is 6.86. The molecule has 0 radical (unpaired) electrons. The SMILES string of the molecule is CCOC(=O)C1CCCc2sc(C(C)(C)C)nc21. The van der Waals surface area contributed by atoms with Gasteiger partial charge in [0.1, 0.15) is 5.92 Å². The second-order valence-electron chi connectivity index (χ2n) is 5.77. The quantitative estimate of drug-likeness (QED) is 0.771. The van der Waals surface area contributed by atoms with Crippen LogP contribution in [0.1, 0.15) is 62.0 Å². The molecular formula is C14H21NO2S. The van der Waals surface area contributed by atoms with E-state index in [1.54, 1.807) is 11.3 Å². The lowest BCUT2D eigenvalue weighted by Crippen LogP contribution is -2.21. The summed E-state index contributed by atoms with van der Waals surface area (Å²) < 4.78 is 5.16. The van der Waals surface area contributed by atoms with Crippen molar-refractivity contribution in [2.24, 2.45) is 0 Å². The summed E-state index contributed by atoms with van der Waals surface area (Å²) >= 11 is 1.76. The van der Waals surface area contributed by atoms with Crippen molar-refractivity contribution in [3.05, 3.63) is 15.6 Å². The Morgan fingerprint density at radius 1 is 1.50 bits per heavy atom. The van der Waals surface area contributed by atoms with Gasteiger partial charge in [-0.15, -0.1) is 11.3 Å². The number of thiazole rings is 1. The number of ether oxygens (including phenoxy) is 1. The molecule has 1 aromatic heterocycles. The maximum Gasteiger partial charge on any atom is 0.315 e. The monoisotopic (exact) mass is 267 g/mol. The molecule has 1 aromatic rings. The molecule has 4 heteroatoms. The standard InChI is InChI=1S/C14H21NO2S/c1-5-17-12(16)9-7-6-8-10-11(9)15-13(18-10)14(2,3)4/h9H,5-8H2,1-4H3. The highest BCUT2D eigenvalue weighted by Crippen LogP contribution is 2.38. The highest BCUT2D eigenvalue weighted by Gasteiger charge is 2.33. The maximum absolute atomic E-state index is 12.0. The van der Waals surface area contributed by atoms with E-state index < -0.39 is 0 Å². The number of hydrogen-bond donors (Lipinski definition) is 0. The molecule has 0 aromatic carbocycles. The van der Waals surface area contributed by atoms with Gasteiger partial charge in [-0.1, -0.05) is 20.8 Å². The van der Waals surface area contributed by atoms with E-state index in [-0.39, 0.29) is 17.3 Å². The average Bonchev–Trinajstić information content (AvgIpc) is 2.72. The predicted octanol–water partition coefficient (Wildman–Crippen LogP) is 3.42. The van der Waals surface area contributed by atoms with Crippen molar-refractivity contribution in [1.29, 1.82) is 0 Å². The Labute approximate surface area is 113 Å². The van der Waals surface area contributed by atoms with Crippen LogP contribution in [0, 0.1) is 0 Å². The van der Waals surface area contributed by atoms with Gasteiger partial charge in [0.05, 0.1) is 17.3 Å². The molecule has 0 amide bonds. The molecule has 2 rings (SSSR count). The van der Waals surface area contributed by atoms with Gasteiger partial charge < -0.3 is 4.74 Å². The summed E-state index contributed by atoms with van der Waals surface area (Å²) in [6.45, 7) is 8.79. The summed E-state index contributed by atoms with van der Waals surface area (Å²) in [4.78, 5) is 18.0. The Balaban J connectivity index is 2.32. The van der Waals surface area contributed by atoms with Gasteiger partial charge in [0, 0.05) is 10.3 Å². The van der Waals surface area contributed by atoms with Gasteiger partial charge in [0.25, 0.3) is 0 Å². The van der Waals surface area contributed by atoms with E-state index in [0.717, 1.165) is 30.0 Å². The van der Waals surface area contributed by atoms with Crippen LogP contribution in [-0.4, -0.2) is 17.6 Å². The van der Waals surface area contributed by atoms with Crippen LogP contribution in [0.25, 0.3) is 0 Å². The zero-order valence-electron chi connectivity index (χ0n) is 11.6. The summed E-state index contributed by atoms with van der Waals surface area (Å²) in [6, 6.07) is 0. The first-order valence-electron chi connectivity index (χ1n) is 6.60. The number of carbonyl (C=O) groups excluding carboxylic acids is 1. The molecule has 3 nitrogen and oxygen atoms in total. The molecule has 1 aliphatic rings. The van der Waals surface area contributed by atoms with Crippen LogP contribution in [0.2, 0.25) is 0 Å². The minimum Gasteiger partial charge on any atom is -0.465 e. The van der Waals surface area contributed by atoms with E-state index >= 15 is 0 Å². The highest BCUT2D eigenvalue weighted by atomic mass is 32.1. The van der Waals surface area contributed by atoms with Crippen LogP contribution in [0.3, 0.4) is 0 Å². The highest BCUT2D eigenvalue weighted by molar-refractivity contribution is 7.12. The van der Waals surface area contributed by atoms with E-state index in [0.29, 0.717) is 6.61 Å². The lowest BCUT2D eigenvalue weighted by Gasteiger charge is -2.19. The summed E-state index contributed by atoms with van der Waals surface area (Å²) in [7, 11) is 0. The minimum atomic E-state index is -0.138. The zero-order valence-corrected chi connectivity index (χ0v) is 12.4. The summed E-state index contributed by atoms with van der Waals surface area (Å²) in [5, 5.41) is 1.13. The first-order chi connectivity index (χ1) is 8.43. The number of aromatic nitrogens is 1. The van der Waals surface area contributed by atoms with Crippen molar-refractivity contribution < 1.29 is 9.53 Å². The number of fused-ring (bicyclic) bond motifs is 1. The fraction of sp³-hybridized carbons (Fsp3) is 0.714. The van der Waals surface area contributed by atoms with Gasteiger partial charge >= 0.3 is 5.97 Å².